The standard InChI is InChI=1S/C14H17ClN2/c1-14(2,9-16)8-13-12-7-11(15)4-3-10(12)5-6-17-13/h3-7H,8-9,16H2,1-2H3. The quantitative estimate of drug-likeness (QED) is 0.904. The second-order valence-electron chi connectivity index (χ2n) is 5.17. The highest BCUT2D eigenvalue weighted by Crippen LogP contribution is 2.26. The van der Waals surface area contributed by atoms with Gasteiger partial charge in [0.2, 0.25) is 0 Å². The molecule has 2 rings (SSSR count). The SMILES string of the molecule is CC(C)(CN)Cc1nccc2ccc(Cl)cc12. The number of halogens is 1. The summed E-state index contributed by atoms with van der Waals surface area (Å²) < 4.78 is 0. The summed E-state index contributed by atoms with van der Waals surface area (Å²) in [6.45, 7) is 4.95. The molecule has 90 valence electrons. The predicted octanol–water partition coefficient (Wildman–Crippen LogP) is 3.42. The molecule has 0 saturated heterocycles. The van der Waals surface area contributed by atoms with Crippen molar-refractivity contribution in [2.45, 2.75) is 20.3 Å². The second kappa shape index (κ2) is 4.63. The summed E-state index contributed by atoms with van der Waals surface area (Å²) in [4.78, 5) is 4.47. The van der Waals surface area contributed by atoms with Crippen LogP contribution in [0.15, 0.2) is 30.5 Å². The lowest BCUT2D eigenvalue weighted by Gasteiger charge is -2.22. The van der Waals surface area contributed by atoms with E-state index in [1.54, 1.807) is 0 Å². The summed E-state index contributed by atoms with van der Waals surface area (Å²) in [7, 11) is 0. The predicted molar refractivity (Wildman–Crippen MR) is 73.3 cm³/mol. The largest absolute Gasteiger partial charge is 0.330 e. The maximum atomic E-state index is 6.04. The fourth-order valence-corrected chi connectivity index (χ4v) is 2.04. The van der Waals surface area contributed by atoms with E-state index in [1.807, 2.05) is 30.5 Å². The van der Waals surface area contributed by atoms with Crippen LogP contribution in [0.2, 0.25) is 5.02 Å². The van der Waals surface area contributed by atoms with Crippen LogP contribution in [0, 0.1) is 5.41 Å². The van der Waals surface area contributed by atoms with Crippen LogP contribution in [0.3, 0.4) is 0 Å². The number of benzene rings is 1. The molecule has 0 aliphatic rings. The summed E-state index contributed by atoms with van der Waals surface area (Å²) in [6.07, 6.45) is 2.71. The Balaban J connectivity index is 2.50. The van der Waals surface area contributed by atoms with Crippen molar-refractivity contribution >= 4 is 22.4 Å². The minimum atomic E-state index is 0.0591. The first-order valence-corrected chi connectivity index (χ1v) is 6.13. The van der Waals surface area contributed by atoms with Crippen molar-refractivity contribution in [3.63, 3.8) is 0 Å². The van der Waals surface area contributed by atoms with E-state index in [-0.39, 0.29) is 5.41 Å². The van der Waals surface area contributed by atoms with Gasteiger partial charge in [0.1, 0.15) is 0 Å². The van der Waals surface area contributed by atoms with Crippen molar-refractivity contribution in [2.75, 3.05) is 6.54 Å². The third-order valence-electron chi connectivity index (χ3n) is 3.01. The zero-order valence-electron chi connectivity index (χ0n) is 10.2. The number of hydrogen-bond donors (Lipinski definition) is 1. The van der Waals surface area contributed by atoms with Crippen LogP contribution in [0.1, 0.15) is 19.5 Å². The van der Waals surface area contributed by atoms with E-state index >= 15 is 0 Å². The van der Waals surface area contributed by atoms with Gasteiger partial charge in [-0.3, -0.25) is 4.98 Å². The van der Waals surface area contributed by atoms with Gasteiger partial charge >= 0.3 is 0 Å². The number of rotatable bonds is 3. The smallest absolute Gasteiger partial charge is 0.0488 e. The fourth-order valence-electron chi connectivity index (χ4n) is 1.87. The minimum absolute atomic E-state index is 0.0591. The molecule has 0 spiro atoms. The molecule has 0 aliphatic heterocycles. The lowest BCUT2D eigenvalue weighted by atomic mass is 9.86. The molecule has 0 amide bonds. The molecule has 1 heterocycles. The van der Waals surface area contributed by atoms with Gasteiger partial charge in [0, 0.05) is 22.3 Å². The van der Waals surface area contributed by atoms with E-state index in [0.717, 1.165) is 22.5 Å². The van der Waals surface area contributed by atoms with Crippen molar-refractivity contribution in [3.8, 4) is 0 Å². The van der Waals surface area contributed by atoms with Gasteiger partial charge in [-0.05, 0) is 42.0 Å². The molecule has 2 aromatic rings. The van der Waals surface area contributed by atoms with Gasteiger partial charge in [0.05, 0.1) is 0 Å². The highest BCUT2D eigenvalue weighted by molar-refractivity contribution is 6.31. The Labute approximate surface area is 107 Å². The molecule has 0 radical (unpaired) electrons. The first kappa shape index (κ1) is 12.3. The van der Waals surface area contributed by atoms with Gasteiger partial charge in [-0.15, -0.1) is 0 Å². The molecule has 0 aliphatic carbocycles. The van der Waals surface area contributed by atoms with Crippen molar-refractivity contribution in [1.29, 1.82) is 0 Å². The number of aromatic nitrogens is 1. The highest BCUT2D eigenvalue weighted by Gasteiger charge is 2.18. The molecule has 0 saturated carbocycles. The Morgan fingerprint density at radius 2 is 2.06 bits per heavy atom. The monoisotopic (exact) mass is 248 g/mol. The van der Waals surface area contributed by atoms with Crippen LogP contribution < -0.4 is 5.73 Å². The molecule has 17 heavy (non-hydrogen) atoms. The molecule has 0 atom stereocenters. The van der Waals surface area contributed by atoms with Crippen molar-refractivity contribution in [1.82, 2.24) is 4.98 Å². The zero-order valence-corrected chi connectivity index (χ0v) is 11.0. The van der Waals surface area contributed by atoms with Gasteiger partial charge in [-0.2, -0.15) is 0 Å². The molecule has 0 unspecified atom stereocenters. The van der Waals surface area contributed by atoms with E-state index in [9.17, 15) is 0 Å². The summed E-state index contributed by atoms with van der Waals surface area (Å²) >= 11 is 6.04. The van der Waals surface area contributed by atoms with E-state index in [0.29, 0.717) is 6.54 Å². The number of fused-ring (bicyclic) bond motifs is 1. The maximum absolute atomic E-state index is 6.04. The molecule has 2 N–H and O–H groups in total. The number of nitrogens with two attached hydrogens (primary N) is 1. The minimum Gasteiger partial charge on any atom is -0.330 e. The summed E-state index contributed by atoms with van der Waals surface area (Å²) in [5, 5.41) is 3.05. The normalized spacial score (nSPS) is 12.0. The second-order valence-corrected chi connectivity index (χ2v) is 5.60. The highest BCUT2D eigenvalue weighted by atomic mass is 35.5. The molecule has 1 aromatic carbocycles. The summed E-state index contributed by atoms with van der Waals surface area (Å²) in [5.74, 6) is 0. The van der Waals surface area contributed by atoms with Gasteiger partial charge in [0.25, 0.3) is 0 Å². The molecule has 1 aromatic heterocycles. The molecule has 3 heteroatoms. The van der Waals surface area contributed by atoms with Crippen molar-refractivity contribution < 1.29 is 0 Å². The van der Waals surface area contributed by atoms with E-state index < -0.39 is 0 Å². The van der Waals surface area contributed by atoms with Crippen LogP contribution >= 0.6 is 11.6 Å². The van der Waals surface area contributed by atoms with Gasteiger partial charge in [-0.1, -0.05) is 31.5 Å². The van der Waals surface area contributed by atoms with E-state index in [1.165, 1.54) is 5.39 Å². The maximum Gasteiger partial charge on any atom is 0.0488 e. The van der Waals surface area contributed by atoms with Crippen molar-refractivity contribution in [3.05, 3.63) is 41.2 Å². The first-order chi connectivity index (χ1) is 8.02. The van der Waals surface area contributed by atoms with Crippen LogP contribution in [0.5, 0.6) is 0 Å². The summed E-state index contributed by atoms with van der Waals surface area (Å²) in [6, 6.07) is 7.91. The van der Waals surface area contributed by atoms with E-state index in [2.05, 4.69) is 18.8 Å². The van der Waals surface area contributed by atoms with Gasteiger partial charge in [-0.25, -0.2) is 0 Å². The van der Waals surface area contributed by atoms with Crippen LogP contribution in [-0.2, 0) is 6.42 Å². The average molecular weight is 249 g/mol. The van der Waals surface area contributed by atoms with Gasteiger partial charge in [0.15, 0.2) is 0 Å². The lowest BCUT2D eigenvalue weighted by molar-refractivity contribution is 0.374. The number of pyridine rings is 1. The lowest BCUT2D eigenvalue weighted by Crippen LogP contribution is -2.26. The molecular weight excluding hydrogens is 232 g/mol. The first-order valence-electron chi connectivity index (χ1n) is 5.75. The molecule has 0 fully saturated rings. The Hall–Kier alpha value is -1.12. The molecule has 0 bridgehead atoms. The number of hydrogen-bond acceptors (Lipinski definition) is 2. The third-order valence-corrected chi connectivity index (χ3v) is 3.24. The number of nitrogens with zero attached hydrogens (tertiary/aromatic N) is 1. The van der Waals surface area contributed by atoms with Crippen LogP contribution in [0.4, 0.5) is 0 Å². The Morgan fingerprint density at radius 3 is 2.76 bits per heavy atom. The molecule has 2 nitrogen and oxygen atoms in total. The Bertz CT molecular complexity index is 535. The average Bonchev–Trinajstić information content (AvgIpc) is 2.30. The zero-order chi connectivity index (χ0) is 12.5. The Kier molecular flexibility index (Phi) is 3.36. The van der Waals surface area contributed by atoms with E-state index in [4.69, 9.17) is 17.3 Å². The van der Waals surface area contributed by atoms with Gasteiger partial charge < -0.3 is 5.73 Å². The van der Waals surface area contributed by atoms with Crippen LogP contribution in [0.25, 0.3) is 10.8 Å². The Morgan fingerprint density at radius 1 is 1.29 bits per heavy atom. The molecular formula is C14H17ClN2. The third kappa shape index (κ3) is 2.76. The topological polar surface area (TPSA) is 38.9 Å². The summed E-state index contributed by atoms with van der Waals surface area (Å²) in [5.41, 5.74) is 6.90. The van der Waals surface area contributed by atoms with Crippen LogP contribution in [-0.4, -0.2) is 11.5 Å². The van der Waals surface area contributed by atoms with Crippen molar-refractivity contribution in [2.24, 2.45) is 11.1 Å². The fraction of sp³-hybridized carbons (Fsp3) is 0.357.